The lowest BCUT2D eigenvalue weighted by atomic mass is 10.2. The highest BCUT2D eigenvalue weighted by molar-refractivity contribution is 5.92. The molecule has 0 aromatic heterocycles. The van der Waals surface area contributed by atoms with Gasteiger partial charge in [-0.3, -0.25) is 4.79 Å². The van der Waals surface area contributed by atoms with Crippen LogP contribution in [0.15, 0.2) is 18.2 Å². The van der Waals surface area contributed by atoms with Gasteiger partial charge in [0.2, 0.25) is 0 Å². The molecule has 0 spiro atoms. The van der Waals surface area contributed by atoms with E-state index in [1.807, 2.05) is 6.92 Å². The standard InChI is InChI=1S/C18H25NO5/c1-4-23-15-10-9-13(11-16(15)22-3)18(21)24-12(2)17(20)19-14-7-5-6-8-14/h9-12,14H,4-8H2,1-3H3,(H,19,20)/t12-/m0/s1. The minimum atomic E-state index is -0.837. The number of esters is 1. The highest BCUT2D eigenvalue weighted by Gasteiger charge is 2.24. The fourth-order valence-corrected chi connectivity index (χ4v) is 2.74. The zero-order chi connectivity index (χ0) is 17.5. The van der Waals surface area contributed by atoms with Gasteiger partial charge in [-0.2, -0.15) is 0 Å². The zero-order valence-corrected chi connectivity index (χ0v) is 14.5. The van der Waals surface area contributed by atoms with Crippen molar-refractivity contribution in [2.75, 3.05) is 13.7 Å². The first-order valence-electron chi connectivity index (χ1n) is 8.37. The molecule has 0 radical (unpaired) electrons. The smallest absolute Gasteiger partial charge is 0.339 e. The Labute approximate surface area is 142 Å². The molecule has 0 heterocycles. The Morgan fingerprint density at radius 1 is 1.25 bits per heavy atom. The van der Waals surface area contributed by atoms with Gasteiger partial charge in [0.15, 0.2) is 17.6 Å². The molecule has 1 aromatic rings. The summed E-state index contributed by atoms with van der Waals surface area (Å²) in [5.41, 5.74) is 0.316. The third-order valence-electron chi connectivity index (χ3n) is 4.05. The third-order valence-corrected chi connectivity index (χ3v) is 4.05. The van der Waals surface area contributed by atoms with E-state index in [0.29, 0.717) is 23.7 Å². The van der Waals surface area contributed by atoms with E-state index in [1.54, 1.807) is 25.1 Å². The third kappa shape index (κ3) is 4.63. The molecule has 0 bridgehead atoms. The van der Waals surface area contributed by atoms with Gasteiger partial charge in [-0.05, 0) is 44.9 Å². The van der Waals surface area contributed by atoms with E-state index >= 15 is 0 Å². The number of amides is 1. The first-order chi connectivity index (χ1) is 11.5. The van der Waals surface area contributed by atoms with Crippen molar-refractivity contribution in [3.8, 4) is 11.5 Å². The van der Waals surface area contributed by atoms with E-state index in [2.05, 4.69) is 5.32 Å². The Kier molecular flexibility index (Phi) is 6.46. The molecular formula is C18H25NO5. The van der Waals surface area contributed by atoms with Gasteiger partial charge in [-0.15, -0.1) is 0 Å². The minimum Gasteiger partial charge on any atom is -0.493 e. The number of hydrogen-bond donors (Lipinski definition) is 1. The fourth-order valence-electron chi connectivity index (χ4n) is 2.74. The second-order valence-electron chi connectivity index (χ2n) is 5.84. The van der Waals surface area contributed by atoms with Crippen LogP contribution in [0, 0.1) is 0 Å². The van der Waals surface area contributed by atoms with Crippen LogP contribution < -0.4 is 14.8 Å². The number of carbonyl (C=O) groups excluding carboxylic acids is 2. The van der Waals surface area contributed by atoms with Crippen LogP contribution in [-0.4, -0.2) is 37.7 Å². The van der Waals surface area contributed by atoms with Crippen molar-refractivity contribution in [2.45, 2.75) is 51.7 Å². The minimum absolute atomic E-state index is 0.198. The Hall–Kier alpha value is -2.24. The summed E-state index contributed by atoms with van der Waals surface area (Å²) in [5, 5.41) is 2.92. The molecule has 1 aliphatic rings. The quantitative estimate of drug-likeness (QED) is 0.776. The molecule has 1 amide bonds. The van der Waals surface area contributed by atoms with E-state index in [-0.39, 0.29) is 11.9 Å². The van der Waals surface area contributed by atoms with Crippen molar-refractivity contribution in [2.24, 2.45) is 0 Å². The van der Waals surface area contributed by atoms with E-state index in [0.717, 1.165) is 25.7 Å². The molecule has 0 saturated heterocycles. The Morgan fingerprint density at radius 2 is 1.96 bits per heavy atom. The molecule has 24 heavy (non-hydrogen) atoms. The number of carbonyl (C=O) groups is 2. The van der Waals surface area contributed by atoms with Crippen LogP contribution in [0.4, 0.5) is 0 Å². The van der Waals surface area contributed by atoms with Crippen molar-refractivity contribution in [3.63, 3.8) is 0 Å². The normalized spacial score (nSPS) is 15.6. The van der Waals surface area contributed by atoms with Crippen LogP contribution in [0.5, 0.6) is 11.5 Å². The van der Waals surface area contributed by atoms with Crippen LogP contribution in [0.25, 0.3) is 0 Å². The van der Waals surface area contributed by atoms with Crippen LogP contribution in [0.2, 0.25) is 0 Å². The molecule has 0 unspecified atom stereocenters. The van der Waals surface area contributed by atoms with Gasteiger partial charge in [0.1, 0.15) is 0 Å². The molecule has 2 rings (SSSR count). The van der Waals surface area contributed by atoms with E-state index in [4.69, 9.17) is 14.2 Å². The topological polar surface area (TPSA) is 73.9 Å². The summed E-state index contributed by atoms with van der Waals surface area (Å²) in [6.07, 6.45) is 3.40. The Bertz CT molecular complexity index is 581. The summed E-state index contributed by atoms with van der Waals surface area (Å²) in [5.74, 6) is 0.191. The van der Waals surface area contributed by atoms with E-state index in [1.165, 1.54) is 7.11 Å². The lowest BCUT2D eigenvalue weighted by Gasteiger charge is -2.17. The lowest BCUT2D eigenvalue weighted by Crippen LogP contribution is -2.40. The second-order valence-corrected chi connectivity index (χ2v) is 5.84. The maximum absolute atomic E-state index is 12.2. The van der Waals surface area contributed by atoms with Gasteiger partial charge < -0.3 is 19.5 Å². The highest BCUT2D eigenvalue weighted by atomic mass is 16.5. The highest BCUT2D eigenvalue weighted by Crippen LogP contribution is 2.28. The predicted molar refractivity (Wildman–Crippen MR) is 89.4 cm³/mol. The van der Waals surface area contributed by atoms with Crippen molar-refractivity contribution >= 4 is 11.9 Å². The van der Waals surface area contributed by atoms with Crippen molar-refractivity contribution < 1.29 is 23.8 Å². The van der Waals surface area contributed by atoms with Crippen molar-refractivity contribution in [1.82, 2.24) is 5.32 Å². The van der Waals surface area contributed by atoms with Gasteiger partial charge in [0.25, 0.3) is 5.91 Å². The first kappa shape index (κ1) is 18.1. The van der Waals surface area contributed by atoms with Crippen molar-refractivity contribution in [3.05, 3.63) is 23.8 Å². The molecule has 1 N–H and O–H groups in total. The summed E-state index contributed by atoms with van der Waals surface area (Å²) in [4.78, 5) is 24.3. The average molecular weight is 335 g/mol. The molecule has 0 aliphatic heterocycles. The average Bonchev–Trinajstić information content (AvgIpc) is 3.08. The molecule has 1 atom stereocenters. The van der Waals surface area contributed by atoms with Crippen LogP contribution >= 0.6 is 0 Å². The molecule has 1 aliphatic carbocycles. The van der Waals surface area contributed by atoms with Crippen LogP contribution in [0.1, 0.15) is 49.9 Å². The number of hydrogen-bond acceptors (Lipinski definition) is 5. The largest absolute Gasteiger partial charge is 0.493 e. The summed E-state index contributed by atoms with van der Waals surface area (Å²) < 4.78 is 15.9. The molecule has 6 heteroatoms. The summed E-state index contributed by atoms with van der Waals surface area (Å²) in [6, 6.07) is 5.00. The second kappa shape index (κ2) is 8.57. The first-order valence-corrected chi connectivity index (χ1v) is 8.37. The molecule has 1 fully saturated rings. The van der Waals surface area contributed by atoms with Gasteiger partial charge in [0, 0.05) is 6.04 Å². The van der Waals surface area contributed by atoms with Gasteiger partial charge in [-0.1, -0.05) is 12.8 Å². The van der Waals surface area contributed by atoms with E-state index < -0.39 is 12.1 Å². The van der Waals surface area contributed by atoms with Crippen molar-refractivity contribution in [1.29, 1.82) is 0 Å². The lowest BCUT2D eigenvalue weighted by molar-refractivity contribution is -0.129. The number of nitrogens with one attached hydrogen (secondary N) is 1. The van der Waals surface area contributed by atoms with Gasteiger partial charge in [0.05, 0.1) is 19.3 Å². The fraction of sp³-hybridized carbons (Fsp3) is 0.556. The maximum atomic E-state index is 12.2. The SMILES string of the molecule is CCOc1ccc(C(=O)O[C@@H](C)C(=O)NC2CCCC2)cc1OC. The zero-order valence-electron chi connectivity index (χ0n) is 14.5. The number of benzene rings is 1. The van der Waals surface area contributed by atoms with Gasteiger partial charge in [-0.25, -0.2) is 4.79 Å². The molecule has 1 saturated carbocycles. The summed E-state index contributed by atoms with van der Waals surface area (Å²) in [6.45, 7) is 3.94. The van der Waals surface area contributed by atoms with Crippen LogP contribution in [-0.2, 0) is 9.53 Å². The summed E-state index contributed by atoms with van der Waals surface area (Å²) in [7, 11) is 1.50. The Balaban J connectivity index is 1.96. The molecular weight excluding hydrogens is 310 g/mol. The maximum Gasteiger partial charge on any atom is 0.339 e. The molecule has 1 aromatic carbocycles. The monoisotopic (exact) mass is 335 g/mol. The number of rotatable bonds is 7. The Morgan fingerprint density at radius 3 is 2.58 bits per heavy atom. The predicted octanol–water partition coefficient (Wildman–Crippen LogP) is 2.70. The molecule has 6 nitrogen and oxygen atoms in total. The molecule has 132 valence electrons. The number of methoxy groups -OCH3 is 1. The summed E-state index contributed by atoms with van der Waals surface area (Å²) >= 11 is 0. The van der Waals surface area contributed by atoms with Gasteiger partial charge >= 0.3 is 5.97 Å². The van der Waals surface area contributed by atoms with Crippen LogP contribution in [0.3, 0.4) is 0 Å². The van der Waals surface area contributed by atoms with E-state index in [9.17, 15) is 9.59 Å². The number of ether oxygens (including phenoxy) is 3.